The molecule has 0 aromatic heterocycles. The van der Waals surface area contributed by atoms with Gasteiger partial charge in [-0.05, 0) is 131 Å². The van der Waals surface area contributed by atoms with Crippen LogP contribution in [0.5, 0.6) is 0 Å². The van der Waals surface area contributed by atoms with Crippen molar-refractivity contribution in [1.82, 2.24) is 0 Å². The van der Waals surface area contributed by atoms with Crippen LogP contribution in [0.3, 0.4) is 0 Å². The van der Waals surface area contributed by atoms with E-state index in [0.29, 0.717) is 13.2 Å². The van der Waals surface area contributed by atoms with E-state index in [1.807, 2.05) is 0 Å². The molecule has 0 aromatic rings. The Balaban J connectivity index is 5.11. The van der Waals surface area contributed by atoms with E-state index < -0.39 is 0 Å². The van der Waals surface area contributed by atoms with Crippen LogP contribution in [0.4, 0.5) is 0 Å². The third kappa shape index (κ3) is 14.4. The highest BCUT2D eigenvalue weighted by Gasteiger charge is 2.44. The second kappa shape index (κ2) is 16.6. The predicted octanol–water partition coefficient (Wildman–Crippen LogP) is 10.8. The number of ether oxygens (including phenoxy) is 5. The van der Waals surface area contributed by atoms with Gasteiger partial charge in [0, 0.05) is 13.2 Å². The van der Waals surface area contributed by atoms with Gasteiger partial charge in [-0.2, -0.15) is 0 Å². The Morgan fingerprint density at radius 3 is 1.37 bits per heavy atom. The summed E-state index contributed by atoms with van der Waals surface area (Å²) in [6, 6.07) is 0. The molecule has 0 rings (SSSR count). The van der Waals surface area contributed by atoms with E-state index in [2.05, 4.69) is 132 Å². The third-order valence-corrected chi connectivity index (χ3v) is 10.8. The average Bonchev–Trinajstić information content (AvgIpc) is 2.76. The van der Waals surface area contributed by atoms with Gasteiger partial charge < -0.3 is 23.7 Å². The van der Waals surface area contributed by atoms with Crippen molar-refractivity contribution in [2.24, 2.45) is 16.2 Å². The van der Waals surface area contributed by atoms with Crippen molar-refractivity contribution in [3.8, 4) is 0 Å². The minimum Gasteiger partial charge on any atom is -0.376 e. The molecule has 0 N–H and O–H groups in total. The Morgan fingerprint density at radius 2 is 0.930 bits per heavy atom. The first-order chi connectivity index (χ1) is 19.1. The molecule has 0 saturated carbocycles. The number of hydrogen-bond acceptors (Lipinski definition) is 5. The maximum Gasteiger partial charge on any atom is 0.0681 e. The lowest BCUT2D eigenvalue weighted by molar-refractivity contribution is -0.174. The summed E-state index contributed by atoms with van der Waals surface area (Å²) in [4.78, 5) is 0. The van der Waals surface area contributed by atoms with Crippen molar-refractivity contribution < 1.29 is 23.7 Å². The van der Waals surface area contributed by atoms with Gasteiger partial charge in [0.2, 0.25) is 0 Å². The van der Waals surface area contributed by atoms with Gasteiger partial charge in [-0.15, -0.1) is 0 Å². The lowest BCUT2D eigenvalue weighted by Crippen LogP contribution is -2.49. The van der Waals surface area contributed by atoms with Crippen LogP contribution >= 0.6 is 0 Å². The summed E-state index contributed by atoms with van der Waals surface area (Å²) in [7, 11) is 0. The first-order valence-corrected chi connectivity index (χ1v) is 17.4. The summed E-state index contributed by atoms with van der Waals surface area (Å²) in [5.41, 5.74) is -1.24. The molecule has 0 aliphatic rings. The molecular weight excluding hydrogens is 536 g/mol. The van der Waals surface area contributed by atoms with Gasteiger partial charge in [-0.3, -0.25) is 0 Å². The minimum atomic E-state index is -0.323. The Hall–Kier alpha value is -0.200. The summed E-state index contributed by atoms with van der Waals surface area (Å²) in [6.45, 7) is 44.4. The number of unbranched alkanes of at least 4 members (excludes halogenated alkanes) is 1. The van der Waals surface area contributed by atoms with Crippen LogP contribution in [0.15, 0.2) is 0 Å². The molecule has 0 aromatic carbocycles. The standard InChI is InChI=1S/C38H78O5/c1-20-21-24-39-35(12,13)23-26-41-37(16,17)34(10,11)28-31(5)43-38(18,19)32(6,7)22-25-40-36(14,15)33(8,9)27-30(4)42-29(2)3/h29-31H,20-28H2,1-19H3. The molecule has 260 valence electrons. The monoisotopic (exact) mass is 615 g/mol. The summed E-state index contributed by atoms with van der Waals surface area (Å²) >= 11 is 0. The Kier molecular flexibility index (Phi) is 16.5. The van der Waals surface area contributed by atoms with Crippen LogP contribution < -0.4 is 0 Å². The maximum atomic E-state index is 6.84. The fourth-order valence-corrected chi connectivity index (χ4v) is 5.52. The van der Waals surface area contributed by atoms with Gasteiger partial charge in [0.1, 0.15) is 0 Å². The first-order valence-electron chi connectivity index (χ1n) is 17.4. The SMILES string of the molecule is CCCCOC(C)(C)CCOC(C)(C)C(C)(C)CC(C)OC(C)(C)C(C)(C)CCOC(C)(C)C(C)(C)CC(C)OC(C)C. The van der Waals surface area contributed by atoms with Gasteiger partial charge >= 0.3 is 0 Å². The number of hydrogen-bond donors (Lipinski definition) is 0. The van der Waals surface area contributed by atoms with Crippen molar-refractivity contribution in [2.75, 3.05) is 19.8 Å². The highest BCUT2D eigenvalue weighted by atomic mass is 16.5. The molecule has 0 heterocycles. The van der Waals surface area contributed by atoms with Crippen molar-refractivity contribution in [1.29, 1.82) is 0 Å². The second-order valence-electron chi connectivity index (χ2n) is 17.7. The van der Waals surface area contributed by atoms with E-state index in [1.165, 1.54) is 0 Å². The molecule has 0 amide bonds. The zero-order valence-corrected chi connectivity index (χ0v) is 32.6. The molecule has 43 heavy (non-hydrogen) atoms. The number of rotatable bonds is 23. The molecule has 0 aliphatic heterocycles. The minimum absolute atomic E-state index is 0.0235. The lowest BCUT2D eigenvalue weighted by Gasteiger charge is -2.48. The van der Waals surface area contributed by atoms with E-state index in [-0.39, 0.29) is 57.0 Å². The smallest absolute Gasteiger partial charge is 0.0681 e. The van der Waals surface area contributed by atoms with Crippen molar-refractivity contribution in [2.45, 2.75) is 211 Å². The van der Waals surface area contributed by atoms with Crippen molar-refractivity contribution in [3.05, 3.63) is 0 Å². The third-order valence-electron chi connectivity index (χ3n) is 10.8. The summed E-state index contributed by atoms with van der Waals surface area (Å²) < 4.78 is 32.1. The van der Waals surface area contributed by atoms with Gasteiger partial charge in [-0.25, -0.2) is 0 Å². The van der Waals surface area contributed by atoms with Crippen molar-refractivity contribution >= 4 is 0 Å². The summed E-state index contributed by atoms with van der Waals surface area (Å²) in [5.74, 6) is 0. The lowest BCUT2D eigenvalue weighted by atomic mass is 9.72. The van der Waals surface area contributed by atoms with Gasteiger partial charge in [0.05, 0.1) is 47.3 Å². The molecule has 2 atom stereocenters. The van der Waals surface area contributed by atoms with E-state index >= 15 is 0 Å². The summed E-state index contributed by atoms with van der Waals surface area (Å²) in [5, 5.41) is 0. The molecule has 0 bridgehead atoms. The maximum absolute atomic E-state index is 6.84. The Labute approximate surface area is 270 Å². The van der Waals surface area contributed by atoms with E-state index in [4.69, 9.17) is 23.7 Å². The molecule has 0 fully saturated rings. The van der Waals surface area contributed by atoms with E-state index in [0.717, 1.165) is 45.1 Å². The van der Waals surface area contributed by atoms with Crippen LogP contribution in [0.1, 0.15) is 170 Å². The zero-order valence-electron chi connectivity index (χ0n) is 32.6. The molecule has 5 heteroatoms. The van der Waals surface area contributed by atoms with Crippen molar-refractivity contribution in [3.63, 3.8) is 0 Å². The molecule has 2 unspecified atom stereocenters. The fourth-order valence-electron chi connectivity index (χ4n) is 5.52. The van der Waals surface area contributed by atoms with E-state index in [9.17, 15) is 0 Å². The highest BCUT2D eigenvalue weighted by molar-refractivity contribution is 4.94. The average molecular weight is 615 g/mol. The van der Waals surface area contributed by atoms with Gasteiger partial charge in [-0.1, -0.05) is 54.9 Å². The largest absolute Gasteiger partial charge is 0.376 e. The second-order valence-corrected chi connectivity index (χ2v) is 17.7. The molecule has 0 aliphatic carbocycles. The van der Waals surface area contributed by atoms with Crippen LogP contribution in [0.2, 0.25) is 0 Å². The van der Waals surface area contributed by atoms with Gasteiger partial charge in [0.15, 0.2) is 0 Å². The zero-order chi connectivity index (χ0) is 34.1. The normalized spacial score (nSPS) is 16.2. The van der Waals surface area contributed by atoms with E-state index in [1.54, 1.807) is 0 Å². The van der Waals surface area contributed by atoms with Gasteiger partial charge in [0.25, 0.3) is 0 Å². The Bertz CT molecular complexity index is 775. The molecule has 0 spiro atoms. The highest BCUT2D eigenvalue weighted by Crippen LogP contribution is 2.44. The predicted molar refractivity (Wildman–Crippen MR) is 185 cm³/mol. The summed E-state index contributed by atoms with van der Waals surface area (Å²) in [6.07, 6.45) is 6.42. The molecule has 5 nitrogen and oxygen atoms in total. The van der Waals surface area contributed by atoms with Crippen LogP contribution in [-0.4, -0.2) is 60.5 Å². The molecule has 0 saturated heterocycles. The quantitative estimate of drug-likeness (QED) is 0.107. The van der Waals surface area contributed by atoms with Crippen LogP contribution in [0.25, 0.3) is 0 Å². The van der Waals surface area contributed by atoms with Crippen LogP contribution in [0, 0.1) is 16.2 Å². The Morgan fingerprint density at radius 1 is 0.488 bits per heavy atom. The fraction of sp³-hybridized carbons (Fsp3) is 1.00. The topological polar surface area (TPSA) is 46.2 Å². The molecular formula is C38H78O5. The van der Waals surface area contributed by atoms with Crippen LogP contribution in [-0.2, 0) is 23.7 Å². The molecule has 0 radical (unpaired) electrons. The first kappa shape index (κ1) is 42.8.